The first-order valence-corrected chi connectivity index (χ1v) is 12.1. The number of anilines is 1. The van der Waals surface area contributed by atoms with Crippen molar-refractivity contribution in [2.75, 3.05) is 45.3 Å². The lowest BCUT2D eigenvalue weighted by molar-refractivity contribution is -0.121. The number of nitrogens with zero attached hydrogens (tertiary/aromatic N) is 2. The van der Waals surface area contributed by atoms with Crippen molar-refractivity contribution in [2.24, 2.45) is 5.92 Å². The van der Waals surface area contributed by atoms with Gasteiger partial charge < -0.3 is 24.4 Å². The molecule has 2 aromatic carbocycles. The molecular formula is C27H34N4O4. The molecule has 1 aliphatic heterocycles. The number of aromatic amines is 1. The first-order chi connectivity index (χ1) is 17.0. The summed E-state index contributed by atoms with van der Waals surface area (Å²) in [6, 6.07) is 11.5. The molecule has 186 valence electrons. The molecule has 2 N–H and O–H groups in total. The van der Waals surface area contributed by atoms with Crippen LogP contribution in [0.2, 0.25) is 0 Å². The fraction of sp³-hybridized carbons (Fsp3) is 0.407. The molecule has 0 saturated carbocycles. The highest BCUT2D eigenvalue weighted by atomic mass is 16.5. The van der Waals surface area contributed by atoms with Crippen LogP contribution in [0.15, 0.2) is 42.6 Å². The molecule has 1 aliphatic rings. The number of carbonyl (C=O) groups excluding carboxylic acids is 1. The van der Waals surface area contributed by atoms with E-state index >= 15 is 0 Å². The number of H-pyrrole nitrogens is 1. The summed E-state index contributed by atoms with van der Waals surface area (Å²) >= 11 is 0. The number of carbonyl (C=O) groups is 1. The summed E-state index contributed by atoms with van der Waals surface area (Å²) in [6.07, 6.45) is 2.39. The van der Waals surface area contributed by atoms with E-state index in [-0.39, 0.29) is 11.8 Å². The van der Waals surface area contributed by atoms with Crippen LogP contribution in [0.25, 0.3) is 11.1 Å². The number of methoxy groups -OCH3 is 1. The van der Waals surface area contributed by atoms with Crippen LogP contribution < -0.4 is 19.5 Å². The number of aryl methyl sites for hydroxylation is 1. The van der Waals surface area contributed by atoms with E-state index < -0.39 is 0 Å². The molecule has 1 atom stereocenters. The molecule has 3 aromatic rings. The Bertz CT molecular complexity index is 1160. The van der Waals surface area contributed by atoms with Gasteiger partial charge in [-0.1, -0.05) is 19.9 Å². The second-order valence-electron chi connectivity index (χ2n) is 8.67. The van der Waals surface area contributed by atoms with Crippen molar-refractivity contribution in [1.29, 1.82) is 0 Å². The zero-order chi connectivity index (χ0) is 24.8. The van der Waals surface area contributed by atoms with Gasteiger partial charge >= 0.3 is 0 Å². The van der Waals surface area contributed by atoms with Crippen molar-refractivity contribution in [3.05, 3.63) is 53.9 Å². The lowest BCUT2D eigenvalue weighted by atomic mass is 9.95. The maximum atomic E-state index is 13.2. The highest BCUT2D eigenvalue weighted by molar-refractivity contribution is 5.95. The van der Waals surface area contributed by atoms with Crippen LogP contribution in [0.4, 0.5) is 5.69 Å². The molecule has 2 heterocycles. The van der Waals surface area contributed by atoms with Crippen molar-refractivity contribution in [3.8, 4) is 28.4 Å². The number of ether oxygens (including phenoxy) is 3. The maximum absolute atomic E-state index is 13.2. The van der Waals surface area contributed by atoms with Crippen LogP contribution in [0.5, 0.6) is 17.2 Å². The van der Waals surface area contributed by atoms with Gasteiger partial charge in [0, 0.05) is 17.8 Å². The standard InChI is InChI=1S/C27H34N4O4/c1-5-31(6-2)11-12-34-26-15-19(23-16-28-30-18(23)3)7-9-24(26)29-27(32)21-13-20-14-22(33-4)8-10-25(20)35-17-21/h7-10,14-16,21H,5-6,11-13,17H2,1-4H3,(H,28,30)(H,29,32)/t21-/m1/s1. The lowest BCUT2D eigenvalue weighted by Gasteiger charge is -2.25. The quantitative estimate of drug-likeness (QED) is 0.452. The molecule has 0 aliphatic carbocycles. The van der Waals surface area contributed by atoms with Crippen LogP contribution >= 0.6 is 0 Å². The second-order valence-corrected chi connectivity index (χ2v) is 8.67. The smallest absolute Gasteiger partial charge is 0.231 e. The summed E-state index contributed by atoms with van der Waals surface area (Å²) in [7, 11) is 1.63. The summed E-state index contributed by atoms with van der Waals surface area (Å²) in [4.78, 5) is 15.5. The number of likely N-dealkylation sites (N-methyl/N-ethyl adjacent to an activating group) is 1. The Hall–Kier alpha value is -3.52. The Kier molecular flexibility index (Phi) is 7.92. The number of fused-ring (bicyclic) bond motifs is 1. The number of rotatable bonds is 10. The molecule has 0 bridgehead atoms. The van der Waals surface area contributed by atoms with Gasteiger partial charge in [0.1, 0.15) is 30.5 Å². The first-order valence-electron chi connectivity index (χ1n) is 12.1. The van der Waals surface area contributed by atoms with Crippen LogP contribution in [0.1, 0.15) is 25.1 Å². The number of hydrogen-bond donors (Lipinski definition) is 2. The summed E-state index contributed by atoms with van der Waals surface area (Å²) < 4.78 is 17.4. The lowest BCUT2D eigenvalue weighted by Crippen LogP contribution is -2.33. The Labute approximate surface area is 206 Å². The summed E-state index contributed by atoms with van der Waals surface area (Å²) in [5.74, 6) is 1.79. The van der Waals surface area contributed by atoms with E-state index in [1.165, 1.54) is 0 Å². The topological polar surface area (TPSA) is 88.7 Å². The minimum Gasteiger partial charge on any atom is -0.497 e. The number of aromatic nitrogens is 2. The third-order valence-electron chi connectivity index (χ3n) is 6.48. The van der Waals surface area contributed by atoms with E-state index in [1.54, 1.807) is 13.3 Å². The molecule has 0 unspecified atom stereocenters. The molecule has 1 aromatic heterocycles. The van der Waals surface area contributed by atoms with Crippen molar-refractivity contribution < 1.29 is 19.0 Å². The minimum atomic E-state index is -0.311. The van der Waals surface area contributed by atoms with Gasteiger partial charge in [0.15, 0.2) is 0 Å². The third kappa shape index (κ3) is 5.77. The molecule has 0 fully saturated rings. The second kappa shape index (κ2) is 11.3. The van der Waals surface area contributed by atoms with Crippen molar-refractivity contribution in [1.82, 2.24) is 15.1 Å². The van der Waals surface area contributed by atoms with Gasteiger partial charge in [0.25, 0.3) is 0 Å². The Morgan fingerprint density at radius 2 is 2.06 bits per heavy atom. The maximum Gasteiger partial charge on any atom is 0.231 e. The van der Waals surface area contributed by atoms with Gasteiger partial charge in [-0.25, -0.2) is 0 Å². The molecule has 0 radical (unpaired) electrons. The highest BCUT2D eigenvalue weighted by Gasteiger charge is 2.27. The van der Waals surface area contributed by atoms with E-state index in [2.05, 4.69) is 34.3 Å². The van der Waals surface area contributed by atoms with Gasteiger partial charge in [0.2, 0.25) is 5.91 Å². The SMILES string of the molecule is CCN(CC)CCOc1cc(-c2cn[nH]c2C)ccc1NC(=O)[C@H]1COc2ccc(OC)cc2C1. The number of hydrogen-bond acceptors (Lipinski definition) is 6. The summed E-state index contributed by atoms with van der Waals surface area (Å²) in [5, 5.41) is 10.2. The predicted octanol–water partition coefficient (Wildman–Crippen LogP) is 4.30. The average Bonchev–Trinajstić information content (AvgIpc) is 3.32. The zero-order valence-corrected chi connectivity index (χ0v) is 20.9. The molecule has 8 nitrogen and oxygen atoms in total. The fourth-order valence-electron chi connectivity index (χ4n) is 4.28. The monoisotopic (exact) mass is 478 g/mol. The van der Waals surface area contributed by atoms with Gasteiger partial charge in [-0.05, 0) is 67.9 Å². The molecule has 4 rings (SSSR count). The Balaban J connectivity index is 1.52. The van der Waals surface area contributed by atoms with Crippen molar-refractivity contribution in [2.45, 2.75) is 27.2 Å². The predicted molar refractivity (Wildman–Crippen MR) is 136 cm³/mol. The Morgan fingerprint density at radius 3 is 2.77 bits per heavy atom. The fourth-order valence-corrected chi connectivity index (χ4v) is 4.28. The molecule has 8 heteroatoms. The first kappa shape index (κ1) is 24.6. The summed E-state index contributed by atoms with van der Waals surface area (Å²) in [5.41, 5.74) is 4.58. The number of nitrogens with one attached hydrogen (secondary N) is 2. The van der Waals surface area contributed by atoms with E-state index in [0.717, 1.165) is 53.5 Å². The van der Waals surface area contributed by atoms with E-state index in [9.17, 15) is 4.79 Å². The molecule has 35 heavy (non-hydrogen) atoms. The van der Waals surface area contributed by atoms with E-state index in [0.29, 0.717) is 31.1 Å². The van der Waals surface area contributed by atoms with Crippen LogP contribution in [0, 0.1) is 12.8 Å². The van der Waals surface area contributed by atoms with Crippen LogP contribution in [0.3, 0.4) is 0 Å². The van der Waals surface area contributed by atoms with Crippen LogP contribution in [-0.4, -0.2) is 61.0 Å². The van der Waals surface area contributed by atoms with Crippen molar-refractivity contribution in [3.63, 3.8) is 0 Å². The van der Waals surface area contributed by atoms with Gasteiger partial charge in [0.05, 0.1) is 24.9 Å². The Morgan fingerprint density at radius 1 is 1.23 bits per heavy atom. The normalized spacial score (nSPS) is 14.8. The van der Waals surface area contributed by atoms with Crippen molar-refractivity contribution >= 4 is 11.6 Å². The average molecular weight is 479 g/mol. The minimum absolute atomic E-state index is 0.0979. The van der Waals surface area contributed by atoms with Gasteiger partial charge in [-0.15, -0.1) is 0 Å². The van der Waals surface area contributed by atoms with Gasteiger partial charge in [-0.3, -0.25) is 9.89 Å². The van der Waals surface area contributed by atoms with E-state index in [1.807, 2.05) is 43.3 Å². The largest absolute Gasteiger partial charge is 0.497 e. The molecule has 0 saturated heterocycles. The molecular weight excluding hydrogens is 444 g/mol. The molecule has 0 spiro atoms. The third-order valence-corrected chi connectivity index (χ3v) is 6.48. The zero-order valence-electron chi connectivity index (χ0n) is 20.9. The van der Waals surface area contributed by atoms with Gasteiger partial charge in [-0.2, -0.15) is 5.10 Å². The van der Waals surface area contributed by atoms with E-state index in [4.69, 9.17) is 14.2 Å². The van der Waals surface area contributed by atoms with Crippen LogP contribution in [-0.2, 0) is 11.2 Å². The molecule has 1 amide bonds. The number of benzene rings is 2. The highest BCUT2D eigenvalue weighted by Crippen LogP contribution is 2.34. The summed E-state index contributed by atoms with van der Waals surface area (Å²) in [6.45, 7) is 9.85. The number of amides is 1.